The molecule has 6 heteroatoms. The fraction of sp³-hybridized carbons (Fsp3) is 0.571. The normalized spacial score (nSPS) is 19.9. The maximum Gasteiger partial charge on any atom is 0.240 e. The average molecular weight is 278 g/mol. The molecule has 6 nitrogen and oxygen atoms in total. The van der Waals surface area contributed by atoms with E-state index in [0.29, 0.717) is 18.8 Å². The Labute approximate surface area is 119 Å². The zero-order chi connectivity index (χ0) is 14.7. The van der Waals surface area contributed by atoms with Crippen molar-refractivity contribution in [1.29, 1.82) is 0 Å². The zero-order valence-corrected chi connectivity index (χ0v) is 12.3. The van der Waals surface area contributed by atoms with Crippen LogP contribution in [0.3, 0.4) is 0 Å². The monoisotopic (exact) mass is 278 g/mol. The van der Waals surface area contributed by atoms with Crippen molar-refractivity contribution in [1.82, 2.24) is 20.1 Å². The molecule has 1 atom stereocenters. The average Bonchev–Trinajstić information content (AvgIpc) is 2.42. The minimum Gasteiger partial charge on any atom is -0.506 e. The van der Waals surface area contributed by atoms with Gasteiger partial charge in [0, 0.05) is 46.0 Å². The van der Waals surface area contributed by atoms with Crippen molar-refractivity contribution in [2.45, 2.75) is 19.5 Å². The number of nitrogens with zero attached hydrogens (tertiary/aromatic N) is 3. The highest BCUT2D eigenvalue weighted by molar-refractivity contribution is 5.81. The van der Waals surface area contributed by atoms with Crippen molar-refractivity contribution in [2.75, 3.05) is 33.7 Å². The third-order valence-corrected chi connectivity index (χ3v) is 3.52. The first kappa shape index (κ1) is 14.7. The Balaban J connectivity index is 2.16. The molecule has 110 valence electrons. The van der Waals surface area contributed by atoms with E-state index in [9.17, 15) is 9.90 Å². The number of piperazine rings is 1. The van der Waals surface area contributed by atoms with Crippen LogP contribution in [0.2, 0.25) is 0 Å². The van der Waals surface area contributed by atoms with Crippen LogP contribution in [-0.4, -0.2) is 65.6 Å². The third-order valence-electron chi connectivity index (χ3n) is 3.52. The lowest BCUT2D eigenvalue weighted by Crippen LogP contribution is -2.57. The lowest BCUT2D eigenvalue weighted by Gasteiger charge is -2.36. The van der Waals surface area contributed by atoms with E-state index in [1.807, 2.05) is 6.92 Å². The predicted octanol–water partition coefficient (Wildman–Crippen LogP) is -0.0424. The molecule has 1 aromatic heterocycles. The van der Waals surface area contributed by atoms with Crippen LogP contribution in [0.25, 0.3) is 0 Å². The molecule has 0 aliphatic carbocycles. The van der Waals surface area contributed by atoms with Gasteiger partial charge >= 0.3 is 0 Å². The summed E-state index contributed by atoms with van der Waals surface area (Å²) in [5, 5.41) is 13.1. The number of likely N-dealkylation sites (N-methyl/N-ethyl adjacent to an activating group) is 1. The number of rotatable bonds is 3. The Morgan fingerprint density at radius 3 is 3.00 bits per heavy atom. The fourth-order valence-corrected chi connectivity index (χ4v) is 2.39. The van der Waals surface area contributed by atoms with Gasteiger partial charge in [-0.3, -0.25) is 14.7 Å². The number of carbonyl (C=O) groups is 1. The van der Waals surface area contributed by atoms with E-state index in [1.54, 1.807) is 31.1 Å². The molecule has 2 N–H and O–H groups in total. The minimum absolute atomic E-state index is 0.0735. The smallest absolute Gasteiger partial charge is 0.240 e. The van der Waals surface area contributed by atoms with Crippen LogP contribution < -0.4 is 5.32 Å². The minimum atomic E-state index is -0.208. The van der Waals surface area contributed by atoms with Gasteiger partial charge in [-0.2, -0.15) is 0 Å². The molecule has 1 aliphatic heterocycles. The highest BCUT2D eigenvalue weighted by Gasteiger charge is 2.30. The van der Waals surface area contributed by atoms with Crippen molar-refractivity contribution in [2.24, 2.45) is 0 Å². The van der Waals surface area contributed by atoms with Crippen LogP contribution in [-0.2, 0) is 11.3 Å². The molecular weight excluding hydrogens is 256 g/mol. The number of carbonyl (C=O) groups excluding carboxylic acids is 1. The number of pyridine rings is 1. The van der Waals surface area contributed by atoms with Gasteiger partial charge < -0.3 is 15.3 Å². The quantitative estimate of drug-likeness (QED) is 0.812. The lowest BCUT2D eigenvalue weighted by molar-refractivity contribution is -0.135. The van der Waals surface area contributed by atoms with E-state index in [2.05, 4.69) is 15.2 Å². The van der Waals surface area contributed by atoms with Gasteiger partial charge in [0.15, 0.2) is 0 Å². The summed E-state index contributed by atoms with van der Waals surface area (Å²) in [6.45, 7) is 4.61. The van der Waals surface area contributed by atoms with E-state index in [-0.39, 0.29) is 17.7 Å². The molecule has 1 unspecified atom stereocenters. The largest absolute Gasteiger partial charge is 0.506 e. The molecule has 1 aromatic rings. The summed E-state index contributed by atoms with van der Waals surface area (Å²) in [5.74, 6) is 0.259. The van der Waals surface area contributed by atoms with Crippen LogP contribution >= 0.6 is 0 Å². The van der Waals surface area contributed by atoms with Gasteiger partial charge in [0.1, 0.15) is 11.8 Å². The molecular formula is C14H22N4O2. The van der Waals surface area contributed by atoms with E-state index in [0.717, 1.165) is 18.8 Å². The fourth-order valence-electron chi connectivity index (χ4n) is 2.39. The van der Waals surface area contributed by atoms with Gasteiger partial charge in [-0.25, -0.2) is 0 Å². The SMILES string of the molecule is Cc1ccc(O)c(CN2CCNCC2C(=O)N(C)C)n1. The number of amides is 1. The van der Waals surface area contributed by atoms with Crippen molar-refractivity contribution in [3.63, 3.8) is 0 Å². The van der Waals surface area contributed by atoms with Gasteiger partial charge in [-0.05, 0) is 19.1 Å². The van der Waals surface area contributed by atoms with Crippen molar-refractivity contribution < 1.29 is 9.90 Å². The molecule has 1 aliphatic rings. The molecule has 2 rings (SSSR count). The number of nitrogens with one attached hydrogen (secondary N) is 1. The second-order valence-electron chi connectivity index (χ2n) is 5.34. The summed E-state index contributed by atoms with van der Waals surface area (Å²) in [7, 11) is 3.52. The van der Waals surface area contributed by atoms with Crippen LogP contribution in [0.5, 0.6) is 5.75 Å². The summed E-state index contributed by atoms with van der Waals surface area (Å²) in [4.78, 5) is 20.3. The summed E-state index contributed by atoms with van der Waals surface area (Å²) in [6, 6.07) is 3.22. The highest BCUT2D eigenvalue weighted by atomic mass is 16.3. The first-order valence-corrected chi connectivity index (χ1v) is 6.80. The standard InChI is InChI=1S/C14H22N4O2/c1-10-4-5-13(19)11(16-10)9-18-7-6-15-8-12(18)14(20)17(2)3/h4-5,12,15,19H,6-9H2,1-3H3. The first-order valence-electron chi connectivity index (χ1n) is 6.80. The van der Waals surface area contributed by atoms with Crippen LogP contribution in [0.1, 0.15) is 11.4 Å². The number of hydrogen-bond acceptors (Lipinski definition) is 5. The molecule has 0 spiro atoms. The van der Waals surface area contributed by atoms with E-state index in [4.69, 9.17) is 0 Å². The molecule has 0 bridgehead atoms. The number of hydrogen-bond donors (Lipinski definition) is 2. The van der Waals surface area contributed by atoms with Crippen LogP contribution in [0, 0.1) is 6.92 Å². The predicted molar refractivity (Wildman–Crippen MR) is 76.4 cm³/mol. The Kier molecular flexibility index (Phi) is 4.57. The topological polar surface area (TPSA) is 68.7 Å². The number of aromatic nitrogens is 1. The second kappa shape index (κ2) is 6.19. The van der Waals surface area contributed by atoms with E-state index >= 15 is 0 Å². The first-order chi connectivity index (χ1) is 9.49. The van der Waals surface area contributed by atoms with Gasteiger partial charge in [-0.15, -0.1) is 0 Å². The molecule has 1 amide bonds. The third kappa shape index (κ3) is 3.26. The van der Waals surface area contributed by atoms with E-state index < -0.39 is 0 Å². The summed E-state index contributed by atoms with van der Waals surface area (Å²) in [6.07, 6.45) is 0. The number of aromatic hydroxyl groups is 1. The Morgan fingerprint density at radius 2 is 2.30 bits per heavy atom. The van der Waals surface area contributed by atoms with Crippen molar-refractivity contribution in [3.05, 3.63) is 23.5 Å². The number of aryl methyl sites for hydroxylation is 1. The Hall–Kier alpha value is -1.66. The molecule has 0 aromatic carbocycles. The molecule has 0 saturated carbocycles. The summed E-state index contributed by atoms with van der Waals surface area (Å²) >= 11 is 0. The molecule has 1 saturated heterocycles. The highest BCUT2D eigenvalue weighted by Crippen LogP contribution is 2.19. The molecule has 20 heavy (non-hydrogen) atoms. The zero-order valence-electron chi connectivity index (χ0n) is 12.3. The Bertz CT molecular complexity index is 490. The van der Waals surface area contributed by atoms with Crippen LogP contribution in [0.4, 0.5) is 0 Å². The molecule has 1 fully saturated rings. The molecule has 0 radical (unpaired) electrons. The van der Waals surface area contributed by atoms with Gasteiger partial charge in [0.2, 0.25) is 5.91 Å². The van der Waals surface area contributed by atoms with Gasteiger partial charge in [-0.1, -0.05) is 0 Å². The summed E-state index contributed by atoms with van der Waals surface area (Å²) in [5.41, 5.74) is 1.49. The molecule has 2 heterocycles. The van der Waals surface area contributed by atoms with Crippen molar-refractivity contribution >= 4 is 5.91 Å². The second-order valence-corrected chi connectivity index (χ2v) is 5.34. The Morgan fingerprint density at radius 1 is 1.55 bits per heavy atom. The van der Waals surface area contributed by atoms with Crippen LogP contribution in [0.15, 0.2) is 12.1 Å². The lowest BCUT2D eigenvalue weighted by atomic mass is 10.1. The van der Waals surface area contributed by atoms with Crippen molar-refractivity contribution in [3.8, 4) is 5.75 Å². The maximum absolute atomic E-state index is 12.2. The van der Waals surface area contributed by atoms with Gasteiger partial charge in [0.05, 0.1) is 5.69 Å². The summed E-state index contributed by atoms with van der Waals surface area (Å²) < 4.78 is 0. The maximum atomic E-state index is 12.2. The van der Waals surface area contributed by atoms with Gasteiger partial charge in [0.25, 0.3) is 0 Å². The van der Waals surface area contributed by atoms with E-state index in [1.165, 1.54) is 0 Å².